The highest BCUT2D eigenvalue weighted by atomic mass is 19.1. The van der Waals surface area contributed by atoms with Crippen LogP contribution in [0.15, 0.2) is 12.1 Å². The second kappa shape index (κ2) is 5.13. The first-order valence-corrected chi connectivity index (χ1v) is 6.01. The van der Waals surface area contributed by atoms with E-state index < -0.39 is 23.2 Å². The van der Waals surface area contributed by atoms with Crippen molar-refractivity contribution in [1.82, 2.24) is 0 Å². The van der Waals surface area contributed by atoms with Gasteiger partial charge in [0.05, 0.1) is 17.8 Å². The van der Waals surface area contributed by atoms with Gasteiger partial charge in [-0.25, -0.2) is 13.6 Å². The molecule has 0 aliphatic carbocycles. The molecule has 6 heteroatoms. The van der Waals surface area contributed by atoms with Crippen molar-refractivity contribution in [1.29, 1.82) is 0 Å². The van der Waals surface area contributed by atoms with E-state index in [4.69, 9.17) is 9.84 Å². The summed E-state index contributed by atoms with van der Waals surface area (Å²) in [5.74, 6) is -3.08. The summed E-state index contributed by atoms with van der Waals surface area (Å²) in [5, 5.41) is 8.75. The smallest absolute Gasteiger partial charge is 0.335 e. The third-order valence-corrected chi connectivity index (χ3v) is 3.00. The number of benzene rings is 1. The minimum atomic E-state index is -1.35. The molecule has 4 nitrogen and oxygen atoms in total. The second-order valence-corrected chi connectivity index (χ2v) is 4.76. The molecule has 19 heavy (non-hydrogen) atoms. The first-order valence-electron chi connectivity index (χ1n) is 6.01. The summed E-state index contributed by atoms with van der Waals surface area (Å²) in [6.45, 7) is 4.38. The molecule has 1 heterocycles. The molecule has 0 amide bonds. The molecule has 0 spiro atoms. The Hall–Kier alpha value is -1.69. The van der Waals surface area contributed by atoms with Crippen molar-refractivity contribution in [3.8, 4) is 0 Å². The lowest BCUT2D eigenvalue weighted by Crippen LogP contribution is -2.46. The molecule has 2 rings (SSSR count). The van der Waals surface area contributed by atoms with Gasteiger partial charge < -0.3 is 14.7 Å². The van der Waals surface area contributed by atoms with Gasteiger partial charge in [-0.1, -0.05) is 0 Å². The van der Waals surface area contributed by atoms with E-state index in [1.54, 1.807) is 4.90 Å². The van der Waals surface area contributed by atoms with Crippen LogP contribution in [0.1, 0.15) is 24.2 Å². The fraction of sp³-hybridized carbons (Fsp3) is 0.462. The molecule has 0 bridgehead atoms. The summed E-state index contributed by atoms with van der Waals surface area (Å²) in [6.07, 6.45) is -0.275. The predicted octanol–water partition coefficient (Wildman–Crippen LogP) is 2.28. The van der Waals surface area contributed by atoms with Crippen LogP contribution < -0.4 is 4.90 Å². The molecule has 1 aliphatic rings. The van der Waals surface area contributed by atoms with E-state index in [0.717, 1.165) is 12.1 Å². The third-order valence-electron chi connectivity index (χ3n) is 3.00. The van der Waals surface area contributed by atoms with Crippen molar-refractivity contribution in [2.24, 2.45) is 0 Å². The van der Waals surface area contributed by atoms with Gasteiger partial charge in [0.1, 0.15) is 17.3 Å². The maximum Gasteiger partial charge on any atom is 0.335 e. The van der Waals surface area contributed by atoms with E-state index >= 15 is 0 Å². The molecule has 104 valence electrons. The first-order chi connectivity index (χ1) is 8.88. The first kappa shape index (κ1) is 13.7. The number of hydrogen-bond acceptors (Lipinski definition) is 3. The number of morpholine rings is 1. The number of carboxylic acid groups (broad SMARTS) is 1. The van der Waals surface area contributed by atoms with E-state index in [2.05, 4.69) is 0 Å². The van der Waals surface area contributed by atoms with E-state index in [9.17, 15) is 13.6 Å². The molecule has 0 saturated carbocycles. The Morgan fingerprint density at radius 3 is 2.16 bits per heavy atom. The van der Waals surface area contributed by atoms with Gasteiger partial charge in [-0.3, -0.25) is 0 Å². The van der Waals surface area contributed by atoms with Crippen molar-refractivity contribution < 1.29 is 23.4 Å². The van der Waals surface area contributed by atoms with Crippen LogP contribution in [-0.2, 0) is 4.74 Å². The monoisotopic (exact) mass is 271 g/mol. The van der Waals surface area contributed by atoms with Crippen molar-refractivity contribution in [2.75, 3.05) is 18.0 Å². The Balaban J connectivity index is 2.37. The highest BCUT2D eigenvalue weighted by molar-refractivity contribution is 5.88. The Bertz CT molecular complexity index is 474. The summed E-state index contributed by atoms with van der Waals surface area (Å²) in [6, 6.07) is 1.68. The fourth-order valence-electron chi connectivity index (χ4n) is 2.35. The predicted molar refractivity (Wildman–Crippen MR) is 65.5 cm³/mol. The van der Waals surface area contributed by atoms with Crippen LogP contribution in [0.4, 0.5) is 14.5 Å². The average Bonchev–Trinajstić information content (AvgIpc) is 2.26. The molecule has 2 atom stereocenters. The summed E-state index contributed by atoms with van der Waals surface area (Å²) in [7, 11) is 0. The highest BCUT2D eigenvalue weighted by Gasteiger charge is 2.27. The number of ether oxygens (including phenoxy) is 1. The average molecular weight is 271 g/mol. The number of nitrogens with zero attached hydrogens (tertiary/aromatic N) is 1. The Labute approximate surface area is 109 Å². The van der Waals surface area contributed by atoms with Gasteiger partial charge in [-0.2, -0.15) is 0 Å². The van der Waals surface area contributed by atoms with Crippen LogP contribution in [0.2, 0.25) is 0 Å². The number of halogens is 2. The summed E-state index contributed by atoms with van der Waals surface area (Å²) < 4.78 is 33.3. The van der Waals surface area contributed by atoms with Gasteiger partial charge in [0.15, 0.2) is 0 Å². The Morgan fingerprint density at radius 2 is 1.74 bits per heavy atom. The fourth-order valence-corrected chi connectivity index (χ4v) is 2.35. The number of rotatable bonds is 2. The number of aromatic carboxylic acids is 1. The summed E-state index contributed by atoms with van der Waals surface area (Å²) >= 11 is 0. The molecule has 2 unspecified atom stereocenters. The van der Waals surface area contributed by atoms with Gasteiger partial charge in [0.25, 0.3) is 0 Å². The van der Waals surface area contributed by atoms with Crippen molar-refractivity contribution in [3.05, 3.63) is 29.3 Å². The molecule has 1 saturated heterocycles. The number of hydrogen-bond donors (Lipinski definition) is 1. The maximum absolute atomic E-state index is 13.9. The molecule has 0 radical (unpaired) electrons. The largest absolute Gasteiger partial charge is 0.478 e. The molecule has 1 aromatic carbocycles. The van der Waals surface area contributed by atoms with Crippen LogP contribution in [0, 0.1) is 11.6 Å². The topological polar surface area (TPSA) is 49.8 Å². The summed E-state index contributed by atoms with van der Waals surface area (Å²) in [4.78, 5) is 12.3. The maximum atomic E-state index is 13.9. The Kier molecular flexibility index (Phi) is 3.71. The van der Waals surface area contributed by atoms with Crippen LogP contribution >= 0.6 is 0 Å². The minimum absolute atomic E-state index is 0.137. The molecular formula is C13H15F2NO3. The van der Waals surface area contributed by atoms with Gasteiger partial charge in [0.2, 0.25) is 0 Å². The van der Waals surface area contributed by atoms with Crippen molar-refractivity contribution in [2.45, 2.75) is 26.1 Å². The number of carbonyl (C=O) groups is 1. The lowest BCUT2D eigenvalue weighted by atomic mass is 10.1. The van der Waals surface area contributed by atoms with Crippen LogP contribution in [0.5, 0.6) is 0 Å². The van der Waals surface area contributed by atoms with Crippen LogP contribution in [0.25, 0.3) is 0 Å². The van der Waals surface area contributed by atoms with Crippen molar-refractivity contribution in [3.63, 3.8) is 0 Å². The van der Waals surface area contributed by atoms with E-state index in [0.29, 0.717) is 13.1 Å². The van der Waals surface area contributed by atoms with Crippen LogP contribution in [0.3, 0.4) is 0 Å². The minimum Gasteiger partial charge on any atom is -0.478 e. The Morgan fingerprint density at radius 1 is 1.26 bits per heavy atom. The van der Waals surface area contributed by atoms with Crippen molar-refractivity contribution >= 4 is 11.7 Å². The lowest BCUT2D eigenvalue weighted by Gasteiger charge is -2.37. The quantitative estimate of drug-likeness (QED) is 0.896. The molecule has 1 N–H and O–H groups in total. The SMILES string of the molecule is CC1CN(c2c(F)cc(C(=O)O)cc2F)CC(C)O1. The van der Waals surface area contributed by atoms with Crippen LogP contribution in [-0.4, -0.2) is 36.4 Å². The zero-order chi connectivity index (χ0) is 14.2. The molecule has 1 fully saturated rings. The van der Waals surface area contributed by atoms with Gasteiger partial charge in [0, 0.05) is 13.1 Å². The third kappa shape index (κ3) is 2.84. The van der Waals surface area contributed by atoms with E-state index in [1.807, 2.05) is 13.8 Å². The number of anilines is 1. The molecule has 0 aromatic heterocycles. The van der Waals surface area contributed by atoms with E-state index in [-0.39, 0.29) is 17.9 Å². The standard InChI is InChI=1S/C13H15F2NO3/c1-7-5-16(6-8(2)19-7)12-10(14)3-9(13(17)18)4-11(12)15/h3-4,7-8H,5-6H2,1-2H3,(H,17,18). The second-order valence-electron chi connectivity index (χ2n) is 4.76. The highest BCUT2D eigenvalue weighted by Crippen LogP contribution is 2.27. The summed E-state index contributed by atoms with van der Waals surface area (Å²) in [5.41, 5.74) is -0.583. The normalized spacial score (nSPS) is 23.5. The van der Waals surface area contributed by atoms with E-state index in [1.165, 1.54) is 0 Å². The molecule has 1 aromatic rings. The zero-order valence-electron chi connectivity index (χ0n) is 10.7. The van der Waals surface area contributed by atoms with Gasteiger partial charge >= 0.3 is 5.97 Å². The van der Waals surface area contributed by atoms with Gasteiger partial charge in [-0.05, 0) is 26.0 Å². The zero-order valence-corrected chi connectivity index (χ0v) is 10.7. The molecular weight excluding hydrogens is 256 g/mol. The lowest BCUT2D eigenvalue weighted by molar-refractivity contribution is -0.00559. The van der Waals surface area contributed by atoms with Gasteiger partial charge in [-0.15, -0.1) is 0 Å². The molecule has 1 aliphatic heterocycles. The number of carboxylic acids is 1.